The Morgan fingerprint density at radius 1 is 1.11 bits per heavy atom. The summed E-state index contributed by atoms with van der Waals surface area (Å²) in [7, 11) is 0. The topological polar surface area (TPSA) is 23.5 Å². The zero-order valence-corrected chi connectivity index (χ0v) is 10.3. The number of benzene rings is 1. The van der Waals surface area contributed by atoms with E-state index >= 15 is 0 Å². The Kier molecular flexibility index (Phi) is 2.77. The molecule has 1 aliphatic carbocycles. The third-order valence-corrected chi connectivity index (χ3v) is 3.91. The molecule has 2 nitrogen and oxygen atoms in total. The summed E-state index contributed by atoms with van der Waals surface area (Å²) >= 11 is 0. The van der Waals surface area contributed by atoms with E-state index in [2.05, 4.69) is 4.90 Å². The van der Waals surface area contributed by atoms with Crippen molar-refractivity contribution < 1.29 is 13.9 Å². The van der Waals surface area contributed by atoms with E-state index in [1.54, 1.807) is 0 Å². The lowest BCUT2D eigenvalue weighted by atomic mass is 10.0. The number of nitrogens with zero attached hydrogens (tertiary/aromatic N) is 1. The van der Waals surface area contributed by atoms with Crippen LogP contribution in [-0.4, -0.2) is 23.8 Å². The van der Waals surface area contributed by atoms with E-state index in [9.17, 15) is 13.9 Å². The van der Waals surface area contributed by atoms with Crippen molar-refractivity contribution in [1.29, 1.82) is 0 Å². The summed E-state index contributed by atoms with van der Waals surface area (Å²) < 4.78 is 26.8. The van der Waals surface area contributed by atoms with Gasteiger partial charge in [0.15, 0.2) is 11.6 Å². The molecule has 1 heterocycles. The van der Waals surface area contributed by atoms with Crippen LogP contribution in [0.1, 0.15) is 31.2 Å². The van der Waals surface area contributed by atoms with E-state index in [0.29, 0.717) is 6.42 Å². The highest BCUT2D eigenvalue weighted by atomic mass is 19.2. The second-order valence-corrected chi connectivity index (χ2v) is 5.49. The molecule has 0 atom stereocenters. The molecule has 1 aromatic carbocycles. The van der Waals surface area contributed by atoms with Crippen molar-refractivity contribution in [3.8, 4) is 0 Å². The fourth-order valence-corrected chi connectivity index (χ4v) is 2.65. The molecule has 1 N–H and O–H groups in total. The number of halogens is 2. The van der Waals surface area contributed by atoms with Gasteiger partial charge in [0.1, 0.15) is 0 Å². The van der Waals surface area contributed by atoms with Crippen LogP contribution in [0, 0.1) is 11.6 Å². The molecule has 0 bridgehead atoms. The first-order valence-corrected chi connectivity index (χ1v) is 6.53. The Morgan fingerprint density at radius 2 is 1.72 bits per heavy atom. The van der Waals surface area contributed by atoms with Gasteiger partial charge in [-0.25, -0.2) is 8.78 Å². The van der Waals surface area contributed by atoms with Crippen molar-refractivity contribution in [2.75, 3.05) is 18.0 Å². The molecule has 1 saturated heterocycles. The van der Waals surface area contributed by atoms with E-state index in [1.807, 2.05) is 0 Å². The first-order chi connectivity index (χ1) is 8.57. The Balaban J connectivity index is 1.95. The molecule has 3 rings (SSSR count). The van der Waals surface area contributed by atoms with Crippen molar-refractivity contribution >= 4 is 5.69 Å². The number of hydrogen-bond acceptors (Lipinski definition) is 2. The van der Waals surface area contributed by atoms with Gasteiger partial charge < -0.3 is 10.0 Å². The fraction of sp³-hybridized carbons (Fsp3) is 0.571. The third kappa shape index (κ3) is 2.21. The summed E-state index contributed by atoms with van der Waals surface area (Å²) in [6.07, 6.45) is 4.11. The molecule has 1 aliphatic heterocycles. The summed E-state index contributed by atoms with van der Waals surface area (Å²) in [6, 6.07) is 2.53. The van der Waals surface area contributed by atoms with Gasteiger partial charge in [-0.1, -0.05) is 0 Å². The zero-order valence-electron chi connectivity index (χ0n) is 10.3. The summed E-state index contributed by atoms with van der Waals surface area (Å²) in [4.78, 5) is 2.09. The van der Waals surface area contributed by atoms with Crippen LogP contribution in [0.5, 0.6) is 0 Å². The summed E-state index contributed by atoms with van der Waals surface area (Å²) in [5.41, 5.74) is 0.807. The van der Waals surface area contributed by atoms with Gasteiger partial charge in [-0.05, 0) is 37.3 Å². The largest absolute Gasteiger partial charge is 0.390 e. The average molecular weight is 253 g/mol. The molecule has 4 heteroatoms. The van der Waals surface area contributed by atoms with Gasteiger partial charge in [-0.2, -0.15) is 0 Å². The smallest absolute Gasteiger partial charge is 0.160 e. The van der Waals surface area contributed by atoms with E-state index in [4.69, 9.17) is 0 Å². The molecule has 2 aliphatic rings. The second kappa shape index (κ2) is 4.19. The van der Waals surface area contributed by atoms with E-state index < -0.39 is 17.2 Å². The van der Waals surface area contributed by atoms with Crippen LogP contribution in [0.2, 0.25) is 0 Å². The molecular formula is C14H17F2NO. The lowest BCUT2D eigenvalue weighted by Gasteiger charge is -2.23. The van der Waals surface area contributed by atoms with Gasteiger partial charge in [-0.3, -0.25) is 0 Å². The summed E-state index contributed by atoms with van der Waals surface area (Å²) in [5, 5.41) is 9.97. The minimum atomic E-state index is -0.822. The van der Waals surface area contributed by atoms with Crippen LogP contribution in [0.15, 0.2) is 12.1 Å². The molecule has 0 amide bonds. The lowest BCUT2D eigenvalue weighted by Crippen LogP contribution is -2.22. The Labute approximate surface area is 105 Å². The highest BCUT2D eigenvalue weighted by Crippen LogP contribution is 2.41. The van der Waals surface area contributed by atoms with Crippen molar-refractivity contribution in [1.82, 2.24) is 0 Å². The van der Waals surface area contributed by atoms with Crippen LogP contribution in [0.4, 0.5) is 14.5 Å². The summed E-state index contributed by atoms with van der Waals surface area (Å²) in [6.45, 7) is 1.77. The Morgan fingerprint density at radius 3 is 2.33 bits per heavy atom. The second-order valence-electron chi connectivity index (χ2n) is 5.49. The molecule has 0 aromatic heterocycles. The van der Waals surface area contributed by atoms with Crippen LogP contribution in [-0.2, 0) is 6.42 Å². The Bertz CT molecular complexity index is 465. The number of rotatable bonds is 3. The van der Waals surface area contributed by atoms with Crippen molar-refractivity contribution in [2.24, 2.45) is 0 Å². The SMILES string of the molecule is OC1(Cc2cc(F)c(F)cc2N2CCCC2)CC1. The van der Waals surface area contributed by atoms with Crippen LogP contribution < -0.4 is 4.90 Å². The van der Waals surface area contributed by atoms with Gasteiger partial charge >= 0.3 is 0 Å². The molecule has 18 heavy (non-hydrogen) atoms. The van der Waals surface area contributed by atoms with Crippen LogP contribution in [0.25, 0.3) is 0 Å². The molecule has 1 saturated carbocycles. The number of aliphatic hydroxyl groups is 1. The fourth-order valence-electron chi connectivity index (χ4n) is 2.65. The van der Waals surface area contributed by atoms with Gasteiger partial charge in [0.2, 0.25) is 0 Å². The molecule has 1 aromatic rings. The Hall–Kier alpha value is -1.16. The molecule has 0 radical (unpaired) electrons. The van der Waals surface area contributed by atoms with Crippen molar-refractivity contribution in [2.45, 2.75) is 37.7 Å². The monoisotopic (exact) mass is 253 g/mol. The molecule has 0 unspecified atom stereocenters. The van der Waals surface area contributed by atoms with E-state index in [1.165, 1.54) is 12.1 Å². The van der Waals surface area contributed by atoms with Crippen LogP contribution >= 0.6 is 0 Å². The third-order valence-electron chi connectivity index (χ3n) is 3.91. The van der Waals surface area contributed by atoms with Crippen molar-refractivity contribution in [3.63, 3.8) is 0 Å². The lowest BCUT2D eigenvalue weighted by molar-refractivity contribution is 0.151. The normalized spacial score (nSPS) is 21.4. The predicted octanol–water partition coefficient (Wildman–Crippen LogP) is 2.63. The zero-order chi connectivity index (χ0) is 12.8. The first kappa shape index (κ1) is 11.9. The maximum absolute atomic E-state index is 13.4. The minimum absolute atomic E-state index is 0.427. The molecule has 0 spiro atoms. The minimum Gasteiger partial charge on any atom is -0.390 e. The van der Waals surface area contributed by atoms with Gasteiger partial charge in [-0.15, -0.1) is 0 Å². The first-order valence-electron chi connectivity index (χ1n) is 6.53. The quantitative estimate of drug-likeness (QED) is 0.895. The standard InChI is InChI=1S/C14H17F2NO/c15-11-7-10(9-14(18)3-4-14)13(8-12(11)16)17-5-1-2-6-17/h7-8,18H,1-6,9H2. The number of hydrogen-bond donors (Lipinski definition) is 1. The van der Waals surface area contributed by atoms with Gasteiger partial charge in [0, 0.05) is 31.3 Å². The molecule has 2 fully saturated rings. The maximum atomic E-state index is 13.4. The maximum Gasteiger partial charge on any atom is 0.160 e. The number of anilines is 1. The van der Waals surface area contributed by atoms with E-state index in [0.717, 1.165) is 50.0 Å². The van der Waals surface area contributed by atoms with Crippen LogP contribution in [0.3, 0.4) is 0 Å². The molecule has 98 valence electrons. The average Bonchev–Trinajstić information content (AvgIpc) is 2.84. The van der Waals surface area contributed by atoms with Gasteiger partial charge in [0.05, 0.1) is 5.60 Å². The highest BCUT2D eigenvalue weighted by molar-refractivity contribution is 5.55. The molecular weight excluding hydrogens is 236 g/mol. The highest BCUT2D eigenvalue weighted by Gasteiger charge is 2.41. The summed E-state index contributed by atoms with van der Waals surface area (Å²) in [5.74, 6) is -1.62. The van der Waals surface area contributed by atoms with Crippen molar-refractivity contribution in [3.05, 3.63) is 29.3 Å². The van der Waals surface area contributed by atoms with E-state index in [-0.39, 0.29) is 0 Å². The van der Waals surface area contributed by atoms with Gasteiger partial charge in [0.25, 0.3) is 0 Å². The predicted molar refractivity (Wildman–Crippen MR) is 65.7 cm³/mol.